The van der Waals surface area contributed by atoms with Crippen molar-refractivity contribution in [2.45, 2.75) is 35.3 Å². The van der Waals surface area contributed by atoms with Crippen LogP contribution in [0.25, 0.3) is 0 Å². The number of benzene rings is 3. The molecule has 0 radical (unpaired) electrons. The first kappa shape index (κ1) is 23.7. The highest BCUT2D eigenvalue weighted by atomic mass is 35.5. The predicted octanol–water partition coefficient (Wildman–Crippen LogP) is 5.20. The molecule has 32 heavy (non-hydrogen) atoms. The maximum absolute atomic E-state index is 12.3. The summed E-state index contributed by atoms with van der Waals surface area (Å²) in [5, 5.41) is 11.8. The van der Waals surface area contributed by atoms with E-state index >= 15 is 0 Å². The number of nitrogens with two attached hydrogens (primary N) is 1. The van der Waals surface area contributed by atoms with Crippen LogP contribution >= 0.6 is 23.4 Å². The van der Waals surface area contributed by atoms with Crippen LogP contribution in [0.1, 0.15) is 18.9 Å². The van der Waals surface area contributed by atoms with Crippen molar-refractivity contribution in [2.75, 3.05) is 5.32 Å². The van der Waals surface area contributed by atoms with E-state index in [4.69, 9.17) is 27.2 Å². The van der Waals surface area contributed by atoms with Gasteiger partial charge in [-0.05, 0) is 48.9 Å². The van der Waals surface area contributed by atoms with Gasteiger partial charge in [-0.3, -0.25) is 9.59 Å². The Labute approximate surface area is 195 Å². The molecule has 3 rings (SSSR count). The number of carbonyl (C=O) groups excluding carboxylic acids is 1. The van der Waals surface area contributed by atoms with E-state index in [9.17, 15) is 9.59 Å². The lowest BCUT2D eigenvalue weighted by molar-refractivity contribution is -0.140. The topological polar surface area (TPSA) is 102 Å². The van der Waals surface area contributed by atoms with Crippen LogP contribution in [0, 0.1) is 0 Å². The van der Waals surface area contributed by atoms with E-state index in [1.165, 1.54) is 18.7 Å². The number of amides is 1. The van der Waals surface area contributed by atoms with Gasteiger partial charge in [0.2, 0.25) is 5.91 Å². The molecular formula is C24H23ClN2O4S. The number of hydrogen-bond acceptors (Lipinski definition) is 5. The smallest absolute Gasteiger partial charge is 0.305 e. The fourth-order valence-corrected chi connectivity index (χ4v) is 4.02. The Balaban J connectivity index is 1.64. The molecule has 0 unspecified atom stereocenters. The summed E-state index contributed by atoms with van der Waals surface area (Å²) in [4.78, 5) is 25.1. The van der Waals surface area contributed by atoms with Crippen LogP contribution < -0.4 is 15.8 Å². The zero-order valence-electron chi connectivity index (χ0n) is 17.4. The summed E-state index contributed by atoms with van der Waals surface area (Å²) in [5.41, 5.74) is 5.72. The minimum Gasteiger partial charge on any atom is -0.489 e. The van der Waals surface area contributed by atoms with E-state index < -0.39 is 23.8 Å². The van der Waals surface area contributed by atoms with Crippen LogP contribution in [-0.2, 0) is 16.2 Å². The van der Waals surface area contributed by atoms with Crippen LogP contribution in [0.2, 0.25) is 5.02 Å². The average molecular weight is 471 g/mol. The maximum Gasteiger partial charge on any atom is 0.305 e. The molecule has 0 saturated heterocycles. The van der Waals surface area contributed by atoms with E-state index in [0.717, 1.165) is 21.1 Å². The summed E-state index contributed by atoms with van der Waals surface area (Å²) in [6.07, 6.45) is -0.493. The highest BCUT2D eigenvalue weighted by molar-refractivity contribution is 7.99. The van der Waals surface area contributed by atoms with Crippen molar-refractivity contribution in [1.82, 2.24) is 0 Å². The van der Waals surface area contributed by atoms with Gasteiger partial charge in [-0.2, -0.15) is 0 Å². The van der Waals surface area contributed by atoms with Gasteiger partial charge >= 0.3 is 5.97 Å². The minimum atomic E-state index is -1.55. The van der Waals surface area contributed by atoms with Gasteiger partial charge in [-0.1, -0.05) is 59.8 Å². The number of carboxylic acids is 1. The highest BCUT2D eigenvalue weighted by Gasteiger charge is 2.31. The monoisotopic (exact) mass is 470 g/mol. The fraction of sp³-hybridized carbons (Fsp3) is 0.167. The molecule has 0 aromatic heterocycles. The van der Waals surface area contributed by atoms with Crippen molar-refractivity contribution in [3.63, 3.8) is 0 Å². The number of aliphatic carboxylic acids is 1. The third kappa shape index (κ3) is 6.75. The molecule has 166 valence electrons. The summed E-state index contributed by atoms with van der Waals surface area (Å²) in [6.45, 7) is 1.85. The van der Waals surface area contributed by atoms with E-state index in [-0.39, 0.29) is 0 Å². The van der Waals surface area contributed by atoms with Gasteiger partial charge in [0.05, 0.1) is 17.1 Å². The molecule has 8 heteroatoms. The molecule has 0 aliphatic heterocycles. The van der Waals surface area contributed by atoms with E-state index in [1.807, 2.05) is 60.7 Å². The fourth-order valence-electron chi connectivity index (χ4n) is 2.82. The van der Waals surface area contributed by atoms with Gasteiger partial charge in [-0.15, -0.1) is 0 Å². The molecular weight excluding hydrogens is 448 g/mol. The molecule has 0 saturated carbocycles. The quantitative estimate of drug-likeness (QED) is 0.397. The first-order valence-electron chi connectivity index (χ1n) is 9.79. The lowest BCUT2D eigenvalue weighted by atomic mass is 9.98. The molecule has 0 heterocycles. The van der Waals surface area contributed by atoms with Crippen molar-refractivity contribution in [1.29, 1.82) is 0 Å². The second-order valence-electron chi connectivity index (χ2n) is 7.43. The number of halogens is 1. The Kier molecular flexibility index (Phi) is 7.80. The Hall–Kier alpha value is -3.00. The largest absolute Gasteiger partial charge is 0.489 e. The molecule has 0 bridgehead atoms. The van der Waals surface area contributed by atoms with E-state index in [2.05, 4.69) is 5.32 Å². The number of rotatable bonds is 9. The van der Waals surface area contributed by atoms with Gasteiger partial charge in [0, 0.05) is 9.79 Å². The van der Waals surface area contributed by atoms with Crippen LogP contribution in [0.4, 0.5) is 5.69 Å². The second kappa shape index (κ2) is 10.5. The molecule has 3 aromatic carbocycles. The van der Waals surface area contributed by atoms with Crippen molar-refractivity contribution in [3.05, 3.63) is 83.4 Å². The number of hydrogen-bond donors (Lipinski definition) is 3. The molecule has 0 aliphatic rings. The molecule has 0 aliphatic carbocycles. The zero-order chi connectivity index (χ0) is 23.1. The molecule has 0 spiro atoms. The lowest BCUT2D eigenvalue weighted by Crippen LogP contribution is -2.50. The molecule has 3 aromatic rings. The van der Waals surface area contributed by atoms with Crippen molar-refractivity contribution < 1.29 is 19.4 Å². The number of anilines is 1. The van der Waals surface area contributed by atoms with Crippen LogP contribution in [0.15, 0.2) is 82.6 Å². The Morgan fingerprint density at radius 3 is 2.47 bits per heavy atom. The Bertz CT molecular complexity index is 1110. The molecule has 1 amide bonds. The van der Waals surface area contributed by atoms with Gasteiger partial charge in [0.1, 0.15) is 17.9 Å². The van der Waals surface area contributed by atoms with Crippen molar-refractivity contribution >= 4 is 40.9 Å². The lowest BCUT2D eigenvalue weighted by Gasteiger charge is -2.21. The Morgan fingerprint density at radius 1 is 1.06 bits per heavy atom. The summed E-state index contributed by atoms with van der Waals surface area (Å²) >= 11 is 7.83. The molecule has 4 N–H and O–H groups in total. The normalized spacial score (nSPS) is 12.6. The summed E-state index contributed by atoms with van der Waals surface area (Å²) < 4.78 is 5.88. The van der Waals surface area contributed by atoms with Gasteiger partial charge in [-0.25, -0.2) is 0 Å². The van der Waals surface area contributed by atoms with E-state index in [1.54, 1.807) is 12.1 Å². The number of carbonyl (C=O) groups is 2. The predicted molar refractivity (Wildman–Crippen MR) is 126 cm³/mol. The van der Waals surface area contributed by atoms with Crippen LogP contribution in [0.3, 0.4) is 0 Å². The first-order valence-corrected chi connectivity index (χ1v) is 11.0. The van der Waals surface area contributed by atoms with E-state index in [0.29, 0.717) is 17.3 Å². The third-order valence-electron chi connectivity index (χ3n) is 4.52. The van der Waals surface area contributed by atoms with Crippen LogP contribution in [0.5, 0.6) is 5.75 Å². The second-order valence-corrected chi connectivity index (χ2v) is 8.99. The van der Waals surface area contributed by atoms with Gasteiger partial charge in [0.15, 0.2) is 0 Å². The first-order chi connectivity index (χ1) is 15.2. The third-order valence-corrected chi connectivity index (χ3v) is 5.81. The molecule has 6 nitrogen and oxygen atoms in total. The summed E-state index contributed by atoms with van der Waals surface area (Å²) in [7, 11) is 0. The number of nitrogens with one attached hydrogen (secondary N) is 1. The molecule has 1 atom stereocenters. The SMILES string of the molecule is C[C@](N)(CC(=O)O)C(=O)Nc1ccc(Sc2cccc(OCc3ccccc3)c2)cc1Cl. The number of carboxylic acid groups (broad SMARTS) is 1. The number of ether oxygens (including phenoxy) is 1. The Morgan fingerprint density at radius 2 is 1.78 bits per heavy atom. The van der Waals surface area contributed by atoms with Crippen molar-refractivity contribution in [3.8, 4) is 5.75 Å². The van der Waals surface area contributed by atoms with Gasteiger partial charge < -0.3 is 20.9 Å². The average Bonchev–Trinajstić information content (AvgIpc) is 2.74. The van der Waals surface area contributed by atoms with Gasteiger partial charge in [0.25, 0.3) is 0 Å². The summed E-state index contributed by atoms with van der Waals surface area (Å²) in [5.74, 6) is -1.02. The zero-order valence-corrected chi connectivity index (χ0v) is 19.0. The standard InChI is InChI=1S/C24H23ClN2O4S/c1-24(26,14-22(28)29)23(30)27-21-11-10-19(13-20(21)25)32-18-9-5-8-17(12-18)31-15-16-6-3-2-4-7-16/h2-13H,14-15,26H2,1H3,(H,27,30)(H,28,29)/t24-/m0/s1. The van der Waals surface area contributed by atoms with Crippen molar-refractivity contribution in [2.24, 2.45) is 5.73 Å². The maximum atomic E-state index is 12.3. The molecule has 0 fully saturated rings. The van der Waals surface area contributed by atoms with Crippen LogP contribution in [-0.4, -0.2) is 22.5 Å². The minimum absolute atomic E-state index is 0.325. The highest BCUT2D eigenvalue weighted by Crippen LogP contribution is 2.34. The summed E-state index contributed by atoms with van der Waals surface area (Å²) in [6, 6.07) is 22.9.